The molecule has 2 unspecified atom stereocenters. The first-order valence-electron chi connectivity index (χ1n) is 7.77. The van der Waals surface area contributed by atoms with Gasteiger partial charge in [-0.1, -0.05) is 19.8 Å². The van der Waals surface area contributed by atoms with Crippen molar-refractivity contribution in [1.29, 1.82) is 0 Å². The normalized spacial score (nSPS) is 22.5. The Hall–Kier alpha value is -1.29. The van der Waals surface area contributed by atoms with Crippen molar-refractivity contribution < 1.29 is 9.84 Å². The molecule has 2 atom stereocenters. The van der Waals surface area contributed by atoms with Crippen molar-refractivity contribution in [3.63, 3.8) is 0 Å². The van der Waals surface area contributed by atoms with Crippen molar-refractivity contribution in [3.8, 4) is 5.75 Å². The monoisotopic (exact) mass is 278 g/mol. The van der Waals surface area contributed by atoms with Gasteiger partial charge in [-0.25, -0.2) is 4.98 Å². The number of aliphatic hydroxyl groups excluding tert-OH is 1. The maximum Gasteiger partial charge on any atom is 0.168 e. The predicted molar refractivity (Wildman–Crippen MR) is 81.0 cm³/mol. The fraction of sp³-hybridized carbons (Fsp3) is 0.688. The maximum atomic E-state index is 9.46. The molecule has 1 saturated carbocycles. The van der Waals surface area contributed by atoms with Crippen LogP contribution in [-0.4, -0.2) is 29.8 Å². The van der Waals surface area contributed by atoms with Crippen molar-refractivity contribution in [1.82, 2.24) is 4.98 Å². The summed E-state index contributed by atoms with van der Waals surface area (Å²) in [5.74, 6) is 2.61. The molecule has 0 amide bonds. The van der Waals surface area contributed by atoms with Crippen LogP contribution in [-0.2, 0) is 0 Å². The average molecular weight is 278 g/mol. The van der Waals surface area contributed by atoms with Crippen LogP contribution in [0, 0.1) is 11.8 Å². The van der Waals surface area contributed by atoms with E-state index < -0.39 is 0 Å². The molecule has 20 heavy (non-hydrogen) atoms. The molecular formula is C16H26N2O2. The summed E-state index contributed by atoms with van der Waals surface area (Å²) in [6.07, 6.45) is 7.62. The summed E-state index contributed by atoms with van der Waals surface area (Å²) in [4.78, 5) is 4.37. The highest BCUT2D eigenvalue weighted by molar-refractivity contribution is 5.49. The molecule has 0 aliphatic heterocycles. The smallest absolute Gasteiger partial charge is 0.168 e. The van der Waals surface area contributed by atoms with Crippen LogP contribution in [0.3, 0.4) is 0 Å². The molecule has 4 heteroatoms. The van der Waals surface area contributed by atoms with Gasteiger partial charge in [-0.3, -0.25) is 0 Å². The van der Waals surface area contributed by atoms with Gasteiger partial charge in [-0.2, -0.15) is 0 Å². The van der Waals surface area contributed by atoms with Gasteiger partial charge in [-0.15, -0.1) is 0 Å². The van der Waals surface area contributed by atoms with Crippen LogP contribution in [0.15, 0.2) is 18.3 Å². The van der Waals surface area contributed by atoms with E-state index in [0.29, 0.717) is 25.0 Å². The number of aromatic nitrogens is 1. The largest absolute Gasteiger partial charge is 0.490 e. The van der Waals surface area contributed by atoms with Crippen molar-refractivity contribution >= 4 is 5.82 Å². The Bertz CT molecular complexity index is 398. The fourth-order valence-corrected chi connectivity index (χ4v) is 2.87. The Morgan fingerprint density at radius 3 is 2.90 bits per heavy atom. The van der Waals surface area contributed by atoms with Crippen molar-refractivity contribution in [3.05, 3.63) is 18.3 Å². The second-order valence-corrected chi connectivity index (χ2v) is 5.57. The van der Waals surface area contributed by atoms with Crippen LogP contribution < -0.4 is 10.1 Å². The quantitative estimate of drug-likeness (QED) is 0.805. The van der Waals surface area contributed by atoms with Gasteiger partial charge < -0.3 is 15.2 Å². The molecule has 112 valence electrons. The summed E-state index contributed by atoms with van der Waals surface area (Å²) in [6.45, 7) is 3.97. The van der Waals surface area contributed by atoms with Crippen LogP contribution >= 0.6 is 0 Å². The van der Waals surface area contributed by atoms with Crippen LogP contribution in [0.25, 0.3) is 0 Å². The number of pyridine rings is 1. The fourth-order valence-electron chi connectivity index (χ4n) is 2.87. The van der Waals surface area contributed by atoms with E-state index in [1.165, 1.54) is 19.3 Å². The van der Waals surface area contributed by atoms with Gasteiger partial charge in [0.1, 0.15) is 0 Å². The third-order valence-electron chi connectivity index (χ3n) is 4.07. The molecule has 4 nitrogen and oxygen atoms in total. The van der Waals surface area contributed by atoms with Gasteiger partial charge in [0.05, 0.1) is 6.61 Å². The lowest BCUT2D eigenvalue weighted by molar-refractivity contribution is 0.141. The van der Waals surface area contributed by atoms with Crippen LogP contribution in [0.4, 0.5) is 5.82 Å². The molecule has 0 saturated heterocycles. The summed E-state index contributed by atoms with van der Waals surface area (Å²) in [6, 6.07) is 3.85. The van der Waals surface area contributed by atoms with Crippen LogP contribution in [0.2, 0.25) is 0 Å². The molecule has 0 aromatic carbocycles. The highest BCUT2D eigenvalue weighted by Crippen LogP contribution is 2.30. The van der Waals surface area contributed by atoms with E-state index in [0.717, 1.165) is 31.0 Å². The summed E-state index contributed by atoms with van der Waals surface area (Å²) in [5, 5.41) is 12.9. The van der Waals surface area contributed by atoms with E-state index in [1.54, 1.807) is 6.20 Å². The maximum absolute atomic E-state index is 9.46. The molecular weight excluding hydrogens is 252 g/mol. The number of ether oxygens (including phenoxy) is 1. The lowest BCUT2D eigenvalue weighted by atomic mass is 9.79. The van der Waals surface area contributed by atoms with Gasteiger partial charge in [0.2, 0.25) is 0 Å². The van der Waals surface area contributed by atoms with E-state index in [4.69, 9.17) is 4.74 Å². The van der Waals surface area contributed by atoms with E-state index in [1.807, 2.05) is 12.1 Å². The van der Waals surface area contributed by atoms with E-state index in [-0.39, 0.29) is 0 Å². The molecule has 0 bridgehead atoms. The molecule has 1 fully saturated rings. The summed E-state index contributed by atoms with van der Waals surface area (Å²) >= 11 is 0. The zero-order valence-electron chi connectivity index (χ0n) is 12.3. The number of hydrogen-bond acceptors (Lipinski definition) is 4. The number of rotatable bonds is 7. The van der Waals surface area contributed by atoms with E-state index in [9.17, 15) is 5.11 Å². The minimum absolute atomic E-state index is 0.299. The molecule has 1 aromatic rings. The van der Waals surface area contributed by atoms with Gasteiger partial charge >= 0.3 is 0 Å². The second kappa shape index (κ2) is 8.10. The third-order valence-corrected chi connectivity index (χ3v) is 4.07. The standard InChI is InChI=1S/C16H26N2O2/c1-2-10-20-15-8-5-9-17-16(15)18-11-13-6-3-4-7-14(13)12-19/h5,8-9,13-14,19H,2-4,6-7,10-12H2,1H3,(H,17,18). The first kappa shape index (κ1) is 15.1. The lowest BCUT2D eigenvalue weighted by Gasteiger charge is -2.30. The molecule has 2 N–H and O–H groups in total. The number of aliphatic hydroxyl groups is 1. The topological polar surface area (TPSA) is 54.4 Å². The van der Waals surface area contributed by atoms with Crippen LogP contribution in [0.5, 0.6) is 5.75 Å². The van der Waals surface area contributed by atoms with E-state index in [2.05, 4.69) is 17.2 Å². The summed E-state index contributed by atoms with van der Waals surface area (Å²) in [5.41, 5.74) is 0. The first-order valence-corrected chi connectivity index (χ1v) is 7.77. The van der Waals surface area contributed by atoms with Gasteiger partial charge in [0.15, 0.2) is 11.6 Å². The number of nitrogens with one attached hydrogen (secondary N) is 1. The molecule has 1 aliphatic rings. The molecule has 1 aliphatic carbocycles. The second-order valence-electron chi connectivity index (χ2n) is 5.57. The molecule has 1 aromatic heterocycles. The average Bonchev–Trinajstić information content (AvgIpc) is 2.52. The minimum atomic E-state index is 0.299. The molecule has 0 radical (unpaired) electrons. The molecule has 0 spiro atoms. The lowest BCUT2D eigenvalue weighted by Crippen LogP contribution is -2.28. The van der Waals surface area contributed by atoms with Gasteiger partial charge in [-0.05, 0) is 43.2 Å². The number of hydrogen-bond donors (Lipinski definition) is 2. The van der Waals surface area contributed by atoms with Crippen molar-refractivity contribution in [2.24, 2.45) is 11.8 Å². The van der Waals surface area contributed by atoms with Gasteiger partial charge in [0, 0.05) is 19.3 Å². The number of nitrogens with zero attached hydrogens (tertiary/aromatic N) is 1. The predicted octanol–water partition coefficient (Wildman–Crippen LogP) is 3.08. The third kappa shape index (κ3) is 4.10. The van der Waals surface area contributed by atoms with Crippen LogP contribution in [0.1, 0.15) is 39.0 Å². The SMILES string of the molecule is CCCOc1cccnc1NCC1CCCCC1CO. The van der Waals surface area contributed by atoms with E-state index >= 15 is 0 Å². The summed E-state index contributed by atoms with van der Waals surface area (Å²) < 4.78 is 5.70. The zero-order chi connectivity index (χ0) is 14.2. The van der Waals surface area contributed by atoms with Crippen molar-refractivity contribution in [2.45, 2.75) is 39.0 Å². The van der Waals surface area contributed by atoms with Gasteiger partial charge in [0.25, 0.3) is 0 Å². The Morgan fingerprint density at radius 1 is 1.35 bits per heavy atom. The van der Waals surface area contributed by atoms with Crippen molar-refractivity contribution in [2.75, 3.05) is 25.1 Å². The summed E-state index contributed by atoms with van der Waals surface area (Å²) in [7, 11) is 0. The highest BCUT2D eigenvalue weighted by Gasteiger charge is 2.24. The number of anilines is 1. The first-order chi connectivity index (χ1) is 9.85. The Kier molecular flexibility index (Phi) is 6.12. The Morgan fingerprint density at radius 2 is 2.15 bits per heavy atom. The highest BCUT2D eigenvalue weighted by atomic mass is 16.5. The zero-order valence-corrected chi connectivity index (χ0v) is 12.3. The molecule has 2 rings (SSSR count). The Labute approximate surface area is 121 Å². The minimum Gasteiger partial charge on any atom is -0.490 e. The molecule has 1 heterocycles. The Balaban J connectivity index is 1.92.